The molecule has 0 aromatic rings. The van der Waals surface area contributed by atoms with Crippen LogP contribution < -0.4 is 17.2 Å². The largest absolute Gasteiger partial charge is 0.394 e. The van der Waals surface area contributed by atoms with Gasteiger partial charge in [0.1, 0.15) is 48.8 Å². The normalized spacial score (nSPS) is 53.6. The molecule has 3 rings (SSSR count). The van der Waals surface area contributed by atoms with Crippen LogP contribution in [0, 0.1) is 0 Å². The van der Waals surface area contributed by atoms with Gasteiger partial charge in [0, 0.05) is 12.1 Å². The Morgan fingerprint density at radius 2 is 1.16 bits per heavy atom. The smallest absolute Gasteiger partial charge is 0.187 e. The van der Waals surface area contributed by atoms with Gasteiger partial charge in [-0.05, 0) is 6.42 Å². The van der Waals surface area contributed by atoms with Crippen molar-refractivity contribution in [3.63, 3.8) is 0 Å². The van der Waals surface area contributed by atoms with Gasteiger partial charge in [-0.2, -0.15) is 0 Å². The third-order valence-electron chi connectivity index (χ3n) is 6.07. The van der Waals surface area contributed by atoms with Gasteiger partial charge in [-0.25, -0.2) is 0 Å². The topological polar surface area (TPSA) is 257 Å². The van der Waals surface area contributed by atoms with E-state index in [-0.39, 0.29) is 6.42 Å². The fraction of sp³-hybridized carbons (Fsp3) is 1.00. The molecule has 0 aromatic heterocycles. The molecular weight excluding hydrogens is 422 g/mol. The number of nitrogens with two attached hydrogens (primary N) is 3. The summed E-state index contributed by atoms with van der Waals surface area (Å²) in [6.07, 6.45) is -14.5. The lowest BCUT2D eigenvalue weighted by Gasteiger charge is -2.47. The standard InChI is InChI=1S/C17H33N3O11/c18-4-1-5(19)14(30-16-8(20)12(26)10(24)6(2-21)28-16)15(9(4)23)31-17-13(27)11(25)7(3-22)29-17/h4-17,21-27H,1-3,18-20H2/t4-,5+,6-,7-,8-,9+,10-,11-,12-,13-,14-,15-,16+,17+/m1/s1. The van der Waals surface area contributed by atoms with Crippen LogP contribution in [0.15, 0.2) is 0 Å². The Hall–Kier alpha value is -0.560. The van der Waals surface area contributed by atoms with Crippen LogP contribution in [-0.4, -0.2) is 135 Å². The molecule has 182 valence electrons. The molecule has 1 aliphatic carbocycles. The molecule has 3 fully saturated rings. The minimum atomic E-state index is -1.52. The van der Waals surface area contributed by atoms with E-state index in [1.165, 1.54) is 0 Å². The van der Waals surface area contributed by atoms with Crippen molar-refractivity contribution < 1.29 is 54.7 Å². The second-order valence-electron chi connectivity index (χ2n) is 8.25. The van der Waals surface area contributed by atoms with Gasteiger partial charge in [-0.3, -0.25) is 0 Å². The molecule has 13 N–H and O–H groups in total. The summed E-state index contributed by atoms with van der Waals surface area (Å²) in [5.41, 5.74) is 18.0. The van der Waals surface area contributed by atoms with Crippen LogP contribution in [0.3, 0.4) is 0 Å². The zero-order valence-electron chi connectivity index (χ0n) is 16.7. The molecule has 0 spiro atoms. The van der Waals surface area contributed by atoms with Crippen LogP contribution in [0.25, 0.3) is 0 Å². The molecule has 1 saturated carbocycles. The van der Waals surface area contributed by atoms with Crippen molar-refractivity contribution in [3.05, 3.63) is 0 Å². The van der Waals surface area contributed by atoms with Crippen LogP contribution in [0.1, 0.15) is 6.42 Å². The molecule has 2 saturated heterocycles. The van der Waals surface area contributed by atoms with Crippen molar-refractivity contribution in [2.45, 2.75) is 92.1 Å². The SMILES string of the molecule is N[C@H]1[C@H](O[C@H]2[C@H](O[C@@H]3O[C@H](CO)[C@@H](O)[C@H]3O)[C@@H](O)[C@H](N)C[C@@H]2N)O[C@H](CO)[C@@H](O)[C@@H]1O. The van der Waals surface area contributed by atoms with Crippen molar-refractivity contribution in [3.8, 4) is 0 Å². The number of hydrogen-bond acceptors (Lipinski definition) is 14. The summed E-state index contributed by atoms with van der Waals surface area (Å²) in [4.78, 5) is 0. The average molecular weight is 455 g/mol. The number of aliphatic hydroxyl groups is 7. The fourth-order valence-electron chi connectivity index (χ4n) is 4.12. The first-order valence-electron chi connectivity index (χ1n) is 10.1. The third kappa shape index (κ3) is 4.87. The Kier molecular flexibility index (Phi) is 8.21. The van der Waals surface area contributed by atoms with Gasteiger partial charge < -0.3 is 71.9 Å². The number of ether oxygens (including phenoxy) is 4. The highest BCUT2D eigenvalue weighted by Crippen LogP contribution is 2.32. The van der Waals surface area contributed by atoms with Crippen LogP contribution in [0.4, 0.5) is 0 Å². The third-order valence-corrected chi connectivity index (χ3v) is 6.07. The summed E-state index contributed by atoms with van der Waals surface area (Å²) < 4.78 is 22.2. The van der Waals surface area contributed by atoms with E-state index in [0.717, 1.165) is 0 Å². The average Bonchev–Trinajstić information content (AvgIpc) is 3.02. The minimum Gasteiger partial charge on any atom is -0.394 e. The summed E-state index contributed by atoms with van der Waals surface area (Å²) in [5, 5.41) is 69.4. The van der Waals surface area contributed by atoms with Crippen molar-refractivity contribution in [2.24, 2.45) is 17.2 Å². The van der Waals surface area contributed by atoms with Crippen molar-refractivity contribution >= 4 is 0 Å². The van der Waals surface area contributed by atoms with Crippen LogP contribution in [-0.2, 0) is 18.9 Å². The second kappa shape index (κ2) is 10.1. The Morgan fingerprint density at radius 1 is 0.645 bits per heavy atom. The Labute approximate surface area is 178 Å². The predicted molar refractivity (Wildman–Crippen MR) is 99.8 cm³/mol. The maximum absolute atomic E-state index is 10.6. The monoisotopic (exact) mass is 455 g/mol. The highest BCUT2D eigenvalue weighted by molar-refractivity contribution is 5.01. The zero-order valence-corrected chi connectivity index (χ0v) is 16.7. The molecule has 31 heavy (non-hydrogen) atoms. The highest BCUT2D eigenvalue weighted by Gasteiger charge is 2.52. The van der Waals surface area contributed by atoms with E-state index in [4.69, 9.17) is 36.1 Å². The van der Waals surface area contributed by atoms with Gasteiger partial charge in [-0.15, -0.1) is 0 Å². The van der Waals surface area contributed by atoms with E-state index in [1.807, 2.05) is 0 Å². The second-order valence-corrected chi connectivity index (χ2v) is 8.25. The van der Waals surface area contributed by atoms with Gasteiger partial charge in [0.15, 0.2) is 12.6 Å². The maximum Gasteiger partial charge on any atom is 0.187 e. The maximum atomic E-state index is 10.6. The number of hydrogen-bond donors (Lipinski definition) is 10. The molecule has 2 heterocycles. The molecule has 0 aromatic carbocycles. The Bertz CT molecular complexity index is 590. The number of aliphatic hydroxyl groups excluding tert-OH is 7. The molecule has 0 amide bonds. The molecule has 14 nitrogen and oxygen atoms in total. The van der Waals surface area contributed by atoms with E-state index >= 15 is 0 Å². The quantitative estimate of drug-likeness (QED) is 0.179. The highest BCUT2D eigenvalue weighted by atomic mass is 16.7. The summed E-state index contributed by atoms with van der Waals surface area (Å²) >= 11 is 0. The molecule has 0 unspecified atom stereocenters. The molecular formula is C17H33N3O11. The first-order chi connectivity index (χ1) is 14.6. The molecule has 3 aliphatic rings. The molecule has 0 bridgehead atoms. The summed E-state index contributed by atoms with van der Waals surface area (Å²) in [5.74, 6) is 0. The summed E-state index contributed by atoms with van der Waals surface area (Å²) in [6.45, 7) is -1.19. The fourth-order valence-corrected chi connectivity index (χ4v) is 4.12. The molecule has 14 atom stereocenters. The van der Waals surface area contributed by atoms with Crippen LogP contribution in [0.5, 0.6) is 0 Å². The van der Waals surface area contributed by atoms with Gasteiger partial charge in [-0.1, -0.05) is 0 Å². The number of rotatable bonds is 6. The lowest BCUT2D eigenvalue weighted by atomic mass is 9.84. The molecule has 0 radical (unpaired) electrons. The minimum absolute atomic E-state index is 0.123. The Balaban J connectivity index is 1.78. The van der Waals surface area contributed by atoms with E-state index in [1.54, 1.807) is 0 Å². The van der Waals surface area contributed by atoms with Gasteiger partial charge in [0.2, 0.25) is 0 Å². The summed E-state index contributed by atoms with van der Waals surface area (Å²) in [6, 6.07) is -2.82. The van der Waals surface area contributed by atoms with Gasteiger partial charge in [0.05, 0.1) is 25.4 Å². The lowest BCUT2D eigenvalue weighted by Crippen LogP contribution is -2.68. The van der Waals surface area contributed by atoms with Crippen molar-refractivity contribution in [2.75, 3.05) is 13.2 Å². The van der Waals surface area contributed by atoms with Crippen molar-refractivity contribution in [1.29, 1.82) is 0 Å². The van der Waals surface area contributed by atoms with Crippen LogP contribution >= 0.6 is 0 Å². The van der Waals surface area contributed by atoms with Gasteiger partial charge in [0.25, 0.3) is 0 Å². The van der Waals surface area contributed by atoms with Gasteiger partial charge >= 0.3 is 0 Å². The Morgan fingerprint density at radius 3 is 1.74 bits per heavy atom. The predicted octanol–water partition coefficient (Wildman–Crippen LogP) is -6.62. The first-order valence-corrected chi connectivity index (χ1v) is 10.1. The molecule has 14 heteroatoms. The van der Waals surface area contributed by atoms with Crippen LogP contribution in [0.2, 0.25) is 0 Å². The first kappa shape index (κ1) is 25.1. The van der Waals surface area contributed by atoms with E-state index in [0.29, 0.717) is 0 Å². The van der Waals surface area contributed by atoms with E-state index in [9.17, 15) is 35.7 Å². The van der Waals surface area contributed by atoms with Crippen molar-refractivity contribution in [1.82, 2.24) is 0 Å². The van der Waals surface area contributed by atoms with E-state index in [2.05, 4.69) is 0 Å². The summed E-state index contributed by atoms with van der Waals surface area (Å²) in [7, 11) is 0. The van der Waals surface area contributed by atoms with E-state index < -0.39 is 98.9 Å². The molecule has 2 aliphatic heterocycles. The zero-order chi connectivity index (χ0) is 23.0. The lowest BCUT2D eigenvalue weighted by molar-refractivity contribution is -0.310.